The third kappa shape index (κ3) is 3.89. The molecule has 0 unspecified atom stereocenters. The van der Waals surface area contributed by atoms with Crippen LogP contribution in [-0.4, -0.2) is 55.6 Å². The van der Waals surface area contributed by atoms with Crippen molar-refractivity contribution >= 4 is 0 Å². The summed E-state index contributed by atoms with van der Waals surface area (Å²) in [6.07, 6.45) is 4.20. The third-order valence-electron chi connectivity index (χ3n) is 2.58. The van der Waals surface area contributed by atoms with Gasteiger partial charge in [0.25, 0.3) is 0 Å². The summed E-state index contributed by atoms with van der Waals surface area (Å²) in [7, 11) is 0. The summed E-state index contributed by atoms with van der Waals surface area (Å²) in [5, 5.41) is 0. The van der Waals surface area contributed by atoms with Gasteiger partial charge in [0, 0.05) is 39.3 Å². The number of nitrogens with two attached hydrogens (primary N) is 1. The quantitative estimate of drug-likeness (QED) is 0.629. The number of rotatable bonds is 4. The summed E-state index contributed by atoms with van der Waals surface area (Å²) in [6.45, 7) is 9.96. The van der Waals surface area contributed by atoms with Gasteiger partial charge in [-0.25, -0.2) is 0 Å². The fraction of sp³-hybridized carbons (Fsp3) is 0.800. The van der Waals surface area contributed by atoms with E-state index >= 15 is 0 Å². The van der Waals surface area contributed by atoms with Crippen LogP contribution in [0.5, 0.6) is 0 Å². The molecule has 0 aromatic carbocycles. The normalized spacial score (nSPS) is 21.4. The lowest BCUT2D eigenvalue weighted by atomic mass is 10.3. The molecule has 0 atom stereocenters. The van der Waals surface area contributed by atoms with E-state index in [4.69, 9.17) is 5.73 Å². The molecule has 1 saturated heterocycles. The molecule has 1 heterocycles. The Morgan fingerprint density at radius 3 is 2.23 bits per heavy atom. The van der Waals surface area contributed by atoms with E-state index in [2.05, 4.69) is 22.8 Å². The van der Waals surface area contributed by atoms with Crippen molar-refractivity contribution in [3.63, 3.8) is 0 Å². The molecule has 0 radical (unpaired) electrons. The van der Waals surface area contributed by atoms with Crippen LogP contribution in [0.3, 0.4) is 0 Å². The minimum absolute atomic E-state index is 0.662. The second-order valence-electron chi connectivity index (χ2n) is 3.44. The average Bonchev–Trinajstić information content (AvgIpc) is 2.19. The Balaban J connectivity index is 2.14. The lowest BCUT2D eigenvalue weighted by Gasteiger charge is -2.33. The van der Waals surface area contributed by atoms with Crippen LogP contribution in [0, 0.1) is 0 Å². The van der Waals surface area contributed by atoms with Crippen molar-refractivity contribution in [3.05, 3.63) is 12.2 Å². The summed E-state index contributed by atoms with van der Waals surface area (Å²) in [5.74, 6) is 0. The molecule has 13 heavy (non-hydrogen) atoms. The first kappa shape index (κ1) is 10.7. The second kappa shape index (κ2) is 6.13. The van der Waals surface area contributed by atoms with Crippen LogP contribution in [0.1, 0.15) is 6.92 Å². The Kier molecular flexibility index (Phi) is 5.05. The van der Waals surface area contributed by atoms with E-state index < -0.39 is 0 Å². The third-order valence-corrected chi connectivity index (χ3v) is 2.58. The summed E-state index contributed by atoms with van der Waals surface area (Å²) < 4.78 is 0. The monoisotopic (exact) mass is 183 g/mol. The van der Waals surface area contributed by atoms with Crippen molar-refractivity contribution in [3.8, 4) is 0 Å². The summed E-state index contributed by atoms with van der Waals surface area (Å²) in [4.78, 5) is 4.96. The first-order valence-electron chi connectivity index (χ1n) is 5.16. The Morgan fingerprint density at radius 2 is 1.69 bits per heavy atom. The lowest BCUT2D eigenvalue weighted by molar-refractivity contribution is 0.148. The fourth-order valence-corrected chi connectivity index (χ4v) is 1.61. The van der Waals surface area contributed by atoms with Gasteiger partial charge in [-0.15, -0.1) is 0 Å². The molecule has 76 valence electrons. The predicted molar refractivity (Wildman–Crippen MR) is 56.7 cm³/mol. The molecule has 0 saturated carbocycles. The molecule has 3 heteroatoms. The summed E-state index contributed by atoms with van der Waals surface area (Å²) in [6, 6.07) is 0. The van der Waals surface area contributed by atoms with Crippen molar-refractivity contribution in [2.45, 2.75) is 6.92 Å². The molecular weight excluding hydrogens is 162 g/mol. The van der Waals surface area contributed by atoms with Crippen molar-refractivity contribution < 1.29 is 0 Å². The summed E-state index contributed by atoms with van der Waals surface area (Å²) in [5.41, 5.74) is 5.37. The van der Waals surface area contributed by atoms with Crippen LogP contribution < -0.4 is 5.73 Å². The first-order valence-corrected chi connectivity index (χ1v) is 5.16. The maximum Gasteiger partial charge on any atom is 0.0164 e. The van der Waals surface area contributed by atoms with E-state index in [9.17, 15) is 0 Å². The minimum atomic E-state index is 0.662. The largest absolute Gasteiger partial charge is 0.327 e. The highest BCUT2D eigenvalue weighted by Gasteiger charge is 2.13. The molecule has 0 aromatic rings. The smallest absolute Gasteiger partial charge is 0.0164 e. The van der Waals surface area contributed by atoms with Crippen LogP contribution in [0.2, 0.25) is 0 Å². The van der Waals surface area contributed by atoms with Gasteiger partial charge in [0.05, 0.1) is 0 Å². The second-order valence-corrected chi connectivity index (χ2v) is 3.44. The van der Waals surface area contributed by atoms with Gasteiger partial charge >= 0.3 is 0 Å². The van der Waals surface area contributed by atoms with Gasteiger partial charge < -0.3 is 10.6 Å². The Hall–Kier alpha value is -0.380. The number of piperazine rings is 1. The van der Waals surface area contributed by atoms with Crippen LogP contribution in [0.15, 0.2) is 12.2 Å². The van der Waals surface area contributed by atoms with Crippen LogP contribution >= 0.6 is 0 Å². The summed E-state index contributed by atoms with van der Waals surface area (Å²) >= 11 is 0. The SMILES string of the molecule is CCN1CCN(CC=CCN)CC1. The van der Waals surface area contributed by atoms with Gasteiger partial charge in [-0.05, 0) is 6.54 Å². The molecule has 0 aliphatic carbocycles. The van der Waals surface area contributed by atoms with Gasteiger partial charge in [0.2, 0.25) is 0 Å². The molecular formula is C10H21N3. The maximum atomic E-state index is 5.37. The highest BCUT2D eigenvalue weighted by molar-refractivity contribution is 4.87. The zero-order chi connectivity index (χ0) is 9.52. The number of hydrogen-bond donors (Lipinski definition) is 1. The highest BCUT2D eigenvalue weighted by atomic mass is 15.2. The van der Waals surface area contributed by atoms with Gasteiger partial charge in [0.15, 0.2) is 0 Å². The first-order chi connectivity index (χ1) is 6.36. The number of likely N-dealkylation sites (N-methyl/N-ethyl adjacent to an activating group) is 1. The topological polar surface area (TPSA) is 32.5 Å². The van der Waals surface area contributed by atoms with Crippen LogP contribution in [0.4, 0.5) is 0 Å². The standard InChI is InChI=1S/C10H21N3/c1-2-12-7-9-13(10-8-12)6-4-3-5-11/h3-4H,2,5-11H2,1H3. The minimum Gasteiger partial charge on any atom is -0.327 e. The number of nitrogens with zero attached hydrogens (tertiary/aromatic N) is 2. The van der Waals surface area contributed by atoms with Gasteiger partial charge in [-0.2, -0.15) is 0 Å². The molecule has 0 aromatic heterocycles. The van der Waals surface area contributed by atoms with Crippen molar-refractivity contribution in [1.82, 2.24) is 9.80 Å². The van der Waals surface area contributed by atoms with Crippen LogP contribution in [0.25, 0.3) is 0 Å². The lowest BCUT2D eigenvalue weighted by Crippen LogP contribution is -2.46. The van der Waals surface area contributed by atoms with Gasteiger partial charge in [-0.3, -0.25) is 4.90 Å². The van der Waals surface area contributed by atoms with E-state index in [1.54, 1.807) is 0 Å². The number of hydrogen-bond acceptors (Lipinski definition) is 3. The Bertz CT molecular complexity index is 148. The van der Waals surface area contributed by atoms with E-state index in [0.29, 0.717) is 6.54 Å². The molecule has 1 fully saturated rings. The zero-order valence-electron chi connectivity index (χ0n) is 8.58. The Morgan fingerprint density at radius 1 is 1.08 bits per heavy atom. The molecule has 2 N–H and O–H groups in total. The molecule has 3 nitrogen and oxygen atoms in total. The van der Waals surface area contributed by atoms with E-state index in [1.807, 2.05) is 6.08 Å². The van der Waals surface area contributed by atoms with Crippen molar-refractivity contribution in [2.75, 3.05) is 45.8 Å². The molecule has 1 rings (SSSR count). The fourth-order valence-electron chi connectivity index (χ4n) is 1.61. The van der Waals surface area contributed by atoms with E-state index in [1.165, 1.54) is 32.7 Å². The Labute approximate surface area is 81.2 Å². The van der Waals surface area contributed by atoms with Crippen molar-refractivity contribution in [1.29, 1.82) is 0 Å². The van der Waals surface area contributed by atoms with Crippen molar-refractivity contribution in [2.24, 2.45) is 5.73 Å². The molecule has 0 bridgehead atoms. The average molecular weight is 183 g/mol. The van der Waals surface area contributed by atoms with Crippen LogP contribution in [-0.2, 0) is 0 Å². The molecule has 0 amide bonds. The predicted octanol–water partition coefficient (Wildman–Crippen LogP) is 0.139. The van der Waals surface area contributed by atoms with E-state index in [-0.39, 0.29) is 0 Å². The van der Waals surface area contributed by atoms with Gasteiger partial charge in [0.1, 0.15) is 0 Å². The maximum absolute atomic E-state index is 5.37. The van der Waals surface area contributed by atoms with Gasteiger partial charge in [-0.1, -0.05) is 19.1 Å². The zero-order valence-corrected chi connectivity index (χ0v) is 8.58. The molecule has 0 spiro atoms. The van der Waals surface area contributed by atoms with E-state index in [0.717, 1.165) is 6.54 Å². The molecule has 1 aliphatic heterocycles. The molecule has 1 aliphatic rings. The highest BCUT2D eigenvalue weighted by Crippen LogP contribution is 2.00.